The minimum Gasteiger partial charge on any atom is -0.497 e. The van der Waals surface area contributed by atoms with E-state index in [1.54, 1.807) is 42.0 Å². The molecule has 0 saturated carbocycles. The first-order chi connectivity index (χ1) is 15.7. The second-order valence-corrected chi connectivity index (χ2v) is 8.50. The van der Waals surface area contributed by atoms with Gasteiger partial charge in [0.05, 0.1) is 19.0 Å². The van der Waals surface area contributed by atoms with E-state index >= 15 is 0 Å². The van der Waals surface area contributed by atoms with Gasteiger partial charge in [-0.1, -0.05) is 25.4 Å². The molecule has 3 rings (SSSR count). The van der Waals surface area contributed by atoms with Crippen LogP contribution in [0.5, 0.6) is 5.75 Å². The SMILES string of the molecule is COc1ccc2c(c1)c(CC(=O)NCCNC(=O)C(C)C)c(C)n2C(=O)c1ccc(Cl)cc1. The van der Waals surface area contributed by atoms with Crippen LogP contribution in [0.15, 0.2) is 42.5 Å². The van der Waals surface area contributed by atoms with Crippen molar-refractivity contribution < 1.29 is 19.1 Å². The highest BCUT2D eigenvalue weighted by Gasteiger charge is 2.22. The number of carbonyl (C=O) groups is 3. The molecule has 174 valence electrons. The van der Waals surface area contributed by atoms with Gasteiger partial charge in [-0.25, -0.2) is 0 Å². The molecule has 7 nitrogen and oxygen atoms in total. The lowest BCUT2D eigenvalue weighted by atomic mass is 10.1. The average Bonchev–Trinajstić information content (AvgIpc) is 3.06. The van der Waals surface area contributed by atoms with Gasteiger partial charge in [-0.3, -0.25) is 19.0 Å². The Bertz CT molecular complexity index is 1180. The lowest BCUT2D eigenvalue weighted by Gasteiger charge is -2.09. The van der Waals surface area contributed by atoms with Gasteiger partial charge in [0, 0.05) is 40.7 Å². The summed E-state index contributed by atoms with van der Waals surface area (Å²) in [6, 6.07) is 12.1. The highest BCUT2D eigenvalue weighted by Crippen LogP contribution is 2.30. The molecule has 3 aromatic rings. The van der Waals surface area contributed by atoms with E-state index in [2.05, 4.69) is 10.6 Å². The molecule has 1 heterocycles. The summed E-state index contributed by atoms with van der Waals surface area (Å²) in [6.45, 7) is 6.12. The molecule has 2 amide bonds. The van der Waals surface area contributed by atoms with Crippen LogP contribution in [-0.2, 0) is 16.0 Å². The van der Waals surface area contributed by atoms with Crippen LogP contribution in [-0.4, -0.2) is 42.5 Å². The van der Waals surface area contributed by atoms with Crippen LogP contribution >= 0.6 is 11.6 Å². The minimum absolute atomic E-state index is 0.0593. The van der Waals surface area contributed by atoms with Crippen LogP contribution in [0.1, 0.15) is 35.5 Å². The van der Waals surface area contributed by atoms with Crippen LogP contribution in [0.3, 0.4) is 0 Å². The van der Waals surface area contributed by atoms with Crippen LogP contribution in [0.2, 0.25) is 5.02 Å². The van der Waals surface area contributed by atoms with Crippen molar-refractivity contribution in [2.45, 2.75) is 27.2 Å². The summed E-state index contributed by atoms with van der Waals surface area (Å²) in [4.78, 5) is 37.6. The minimum atomic E-state index is -0.206. The summed E-state index contributed by atoms with van der Waals surface area (Å²) in [5, 5.41) is 6.92. The molecule has 0 radical (unpaired) electrons. The number of aromatic nitrogens is 1. The first-order valence-corrected chi connectivity index (χ1v) is 11.1. The lowest BCUT2D eigenvalue weighted by molar-refractivity contribution is -0.124. The smallest absolute Gasteiger partial charge is 0.262 e. The summed E-state index contributed by atoms with van der Waals surface area (Å²) in [7, 11) is 1.57. The number of ether oxygens (including phenoxy) is 1. The molecular formula is C25H28ClN3O4. The fourth-order valence-corrected chi connectivity index (χ4v) is 3.74. The van der Waals surface area contributed by atoms with E-state index in [9.17, 15) is 14.4 Å². The molecule has 0 unspecified atom stereocenters. The monoisotopic (exact) mass is 469 g/mol. The molecule has 2 aromatic carbocycles. The Morgan fingerprint density at radius 3 is 2.33 bits per heavy atom. The molecule has 0 fully saturated rings. The van der Waals surface area contributed by atoms with Crippen molar-refractivity contribution in [2.24, 2.45) is 5.92 Å². The molecule has 0 spiro atoms. The zero-order chi connectivity index (χ0) is 24.1. The molecule has 0 saturated heterocycles. The van der Waals surface area contributed by atoms with Gasteiger partial charge in [0.15, 0.2) is 0 Å². The fourth-order valence-electron chi connectivity index (χ4n) is 3.61. The number of halogens is 1. The largest absolute Gasteiger partial charge is 0.497 e. The number of hydrogen-bond donors (Lipinski definition) is 2. The van der Waals surface area contributed by atoms with Crippen molar-refractivity contribution in [1.82, 2.24) is 15.2 Å². The van der Waals surface area contributed by atoms with Crippen molar-refractivity contribution in [3.05, 3.63) is 64.3 Å². The van der Waals surface area contributed by atoms with Gasteiger partial charge in [0.25, 0.3) is 5.91 Å². The highest BCUT2D eigenvalue weighted by molar-refractivity contribution is 6.30. The summed E-state index contributed by atoms with van der Waals surface area (Å²) >= 11 is 5.97. The Morgan fingerprint density at radius 2 is 1.70 bits per heavy atom. The van der Waals surface area contributed by atoms with E-state index in [-0.39, 0.29) is 30.1 Å². The number of methoxy groups -OCH3 is 1. The topological polar surface area (TPSA) is 89.4 Å². The van der Waals surface area contributed by atoms with Gasteiger partial charge in [-0.2, -0.15) is 0 Å². The van der Waals surface area contributed by atoms with Crippen molar-refractivity contribution in [1.29, 1.82) is 0 Å². The average molecular weight is 470 g/mol. The third-order valence-electron chi connectivity index (χ3n) is 5.44. The van der Waals surface area contributed by atoms with Crippen LogP contribution in [0.4, 0.5) is 0 Å². The summed E-state index contributed by atoms with van der Waals surface area (Å²) in [5.41, 5.74) is 2.61. The number of amides is 2. The van der Waals surface area contributed by atoms with E-state index in [4.69, 9.17) is 16.3 Å². The standard InChI is InChI=1S/C25H28ClN3O4/c1-15(2)24(31)28-12-11-27-23(30)14-20-16(3)29(22-10-9-19(33-4)13-21(20)22)25(32)17-5-7-18(26)8-6-17/h5-10,13,15H,11-12,14H2,1-4H3,(H,27,30)(H,28,31). The normalized spacial score (nSPS) is 11.0. The highest BCUT2D eigenvalue weighted by atomic mass is 35.5. The first-order valence-electron chi connectivity index (χ1n) is 10.8. The predicted molar refractivity (Wildman–Crippen MR) is 129 cm³/mol. The quantitative estimate of drug-likeness (QED) is 0.492. The van der Waals surface area contributed by atoms with Crippen molar-refractivity contribution in [3.63, 3.8) is 0 Å². The summed E-state index contributed by atoms with van der Waals surface area (Å²) < 4.78 is 6.98. The van der Waals surface area contributed by atoms with Gasteiger partial charge in [-0.05, 0) is 55.0 Å². The molecule has 0 atom stereocenters. The van der Waals surface area contributed by atoms with Crippen molar-refractivity contribution >= 4 is 40.2 Å². The van der Waals surface area contributed by atoms with Crippen molar-refractivity contribution in [3.8, 4) is 5.75 Å². The Labute approximate surface area is 198 Å². The molecule has 33 heavy (non-hydrogen) atoms. The molecule has 0 aliphatic heterocycles. The summed E-state index contributed by atoms with van der Waals surface area (Å²) in [6.07, 6.45) is 0.0918. The molecule has 8 heteroatoms. The Kier molecular flexibility index (Phi) is 7.76. The van der Waals surface area contributed by atoms with E-state index < -0.39 is 0 Å². The zero-order valence-electron chi connectivity index (χ0n) is 19.2. The third-order valence-corrected chi connectivity index (χ3v) is 5.70. The van der Waals surface area contributed by atoms with E-state index in [1.807, 2.05) is 32.9 Å². The number of benzene rings is 2. The maximum atomic E-state index is 13.3. The second kappa shape index (κ2) is 10.5. The Morgan fingerprint density at radius 1 is 1.03 bits per heavy atom. The van der Waals surface area contributed by atoms with Gasteiger partial charge >= 0.3 is 0 Å². The predicted octanol–water partition coefficient (Wildman–Crippen LogP) is 3.73. The van der Waals surface area contributed by atoms with Crippen LogP contribution in [0.25, 0.3) is 10.9 Å². The fraction of sp³-hybridized carbons (Fsp3) is 0.320. The van der Waals surface area contributed by atoms with Crippen LogP contribution in [0, 0.1) is 12.8 Å². The number of carbonyl (C=O) groups excluding carboxylic acids is 3. The molecule has 1 aromatic heterocycles. The van der Waals surface area contributed by atoms with Gasteiger partial charge in [-0.15, -0.1) is 0 Å². The number of nitrogens with one attached hydrogen (secondary N) is 2. The third kappa shape index (κ3) is 5.54. The van der Waals surface area contributed by atoms with E-state index in [1.165, 1.54) is 0 Å². The molecule has 0 aliphatic carbocycles. The second-order valence-electron chi connectivity index (χ2n) is 8.07. The van der Waals surface area contributed by atoms with E-state index in [0.717, 1.165) is 10.9 Å². The number of fused-ring (bicyclic) bond motifs is 1. The van der Waals surface area contributed by atoms with Gasteiger partial charge in [0.2, 0.25) is 11.8 Å². The van der Waals surface area contributed by atoms with Gasteiger partial charge in [0.1, 0.15) is 5.75 Å². The molecule has 0 aliphatic rings. The molecular weight excluding hydrogens is 442 g/mol. The van der Waals surface area contributed by atoms with E-state index in [0.29, 0.717) is 40.6 Å². The first kappa shape index (κ1) is 24.3. The Balaban J connectivity index is 1.87. The van der Waals surface area contributed by atoms with Gasteiger partial charge < -0.3 is 15.4 Å². The number of rotatable bonds is 8. The lowest BCUT2D eigenvalue weighted by Crippen LogP contribution is -2.36. The van der Waals surface area contributed by atoms with Crippen LogP contribution < -0.4 is 15.4 Å². The zero-order valence-corrected chi connectivity index (χ0v) is 20.0. The summed E-state index contributed by atoms with van der Waals surface area (Å²) in [5.74, 6) is 0.0651. The Hall–Kier alpha value is -3.32. The van der Waals surface area contributed by atoms with Crippen molar-refractivity contribution in [2.75, 3.05) is 20.2 Å². The molecule has 2 N–H and O–H groups in total. The maximum absolute atomic E-state index is 13.3. The molecule has 0 bridgehead atoms. The maximum Gasteiger partial charge on any atom is 0.262 e. The number of hydrogen-bond acceptors (Lipinski definition) is 4. The number of nitrogens with zero attached hydrogens (tertiary/aromatic N) is 1.